The van der Waals surface area contributed by atoms with Gasteiger partial charge in [0.05, 0.1) is 0 Å². The Hall–Kier alpha value is -2.16. The Balaban J connectivity index is 2.28. The zero-order valence-corrected chi connectivity index (χ0v) is 9.89. The monoisotopic (exact) mass is 236 g/mol. The minimum atomic E-state index is -0.0427. The Kier molecular flexibility index (Phi) is 1.87. The summed E-state index contributed by atoms with van der Waals surface area (Å²) in [7, 11) is 0. The topological polar surface area (TPSA) is 34.4 Å². The molecule has 0 amide bonds. The van der Waals surface area contributed by atoms with Crippen LogP contribution in [0.4, 0.5) is 0 Å². The second-order valence-corrected chi connectivity index (χ2v) is 4.79. The minimum absolute atomic E-state index is 0.0427. The highest BCUT2D eigenvalue weighted by atomic mass is 16.1. The first-order valence-electron chi connectivity index (χ1n) is 6.26. The van der Waals surface area contributed by atoms with E-state index in [1.54, 1.807) is 0 Å². The molecule has 0 unspecified atom stereocenters. The van der Waals surface area contributed by atoms with Crippen LogP contribution in [0.15, 0.2) is 41.3 Å². The maximum Gasteiger partial charge on any atom is 0.276 e. The van der Waals surface area contributed by atoms with E-state index in [0.29, 0.717) is 0 Å². The third-order valence-corrected chi connectivity index (χ3v) is 3.78. The summed E-state index contributed by atoms with van der Waals surface area (Å²) in [6.07, 6.45) is 4.95. The van der Waals surface area contributed by atoms with E-state index in [1.807, 2.05) is 24.4 Å². The summed E-state index contributed by atoms with van der Waals surface area (Å²) in [5.41, 5.74) is 2.80. The molecule has 0 spiro atoms. The molecule has 0 aliphatic heterocycles. The van der Waals surface area contributed by atoms with Crippen molar-refractivity contribution in [2.75, 3.05) is 0 Å². The maximum atomic E-state index is 12.0. The number of benzene rings is 1. The predicted molar refractivity (Wildman–Crippen MR) is 71.0 cm³/mol. The molecular weight excluding hydrogens is 224 g/mol. The Morgan fingerprint density at radius 1 is 1.11 bits per heavy atom. The summed E-state index contributed by atoms with van der Waals surface area (Å²) in [4.78, 5) is 16.3. The molecule has 18 heavy (non-hydrogen) atoms. The van der Waals surface area contributed by atoms with E-state index in [0.717, 1.165) is 46.9 Å². The molecule has 3 aromatic rings. The molecule has 0 bridgehead atoms. The van der Waals surface area contributed by atoms with Gasteiger partial charge >= 0.3 is 0 Å². The summed E-state index contributed by atoms with van der Waals surface area (Å²) >= 11 is 0. The number of aromatic nitrogens is 2. The van der Waals surface area contributed by atoms with Crippen LogP contribution in [0.3, 0.4) is 0 Å². The van der Waals surface area contributed by atoms with Crippen LogP contribution in [0.25, 0.3) is 16.4 Å². The van der Waals surface area contributed by atoms with Crippen LogP contribution >= 0.6 is 0 Å². The van der Waals surface area contributed by atoms with Crippen molar-refractivity contribution in [2.24, 2.45) is 0 Å². The molecule has 0 atom stereocenters. The quantitative estimate of drug-likeness (QED) is 0.561. The Bertz CT molecular complexity index is 833. The van der Waals surface area contributed by atoms with Gasteiger partial charge in [0.15, 0.2) is 0 Å². The van der Waals surface area contributed by atoms with Gasteiger partial charge in [-0.05, 0) is 30.7 Å². The molecule has 4 rings (SSSR count). The summed E-state index contributed by atoms with van der Waals surface area (Å²) in [6, 6.07) is 10.2. The van der Waals surface area contributed by atoms with E-state index in [9.17, 15) is 4.79 Å². The van der Waals surface area contributed by atoms with Gasteiger partial charge in [0.2, 0.25) is 0 Å². The molecule has 1 aliphatic rings. The lowest BCUT2D eigenvalue weighted by Gasteiger charge is -2.09. The summed E-state index contributed by atoms with van der Waals surface area (Å²) < 4.78 is 2.09. The van der Waals surface area contributed by atoms with E-state index in [-0.39, 0.29) is 5.56 Å². The molecule has 3 heteroatoms. The van der Waals surface area contributed by atoms with Gasteiger partial charge in [-0.1, -0.05) is 24.3 Å². The zero-order valence-electron chi connectivity index (χ0n) is 9.89. The minimum Gasteiger partial charge on any atom is -0.305 e. The van der Waals surface area contributed by atoms with Crippen molar-refractivity contribution in [3.63, 3.8) is 0 Å². The van der Waals surface area contributed by atoms with Crippen molar-refractivity contribution >= 4 is 16.4 Å². The molecule has 2 heterocycles. The van der Waals surface area contributed by atoms with Crippen molar-refractivity contribution in [3.05, 3.63) is 58.1 Å². The third-order valence-electron chi connectivity index (χ3n) is 3.78. The van der Waals surface area contributed by atoms with Crippen LogP contribution in [-0.4, -0.2) is 9.38 Å². The van der Waals surface area contributed by atoms with Crippen LogP contribution in [0.1, 0.15) is 17.7 Å². The van der Waals surface area contributed by atoms with Crippen LogP contribution < -0.4 is 5.56 Å². The van der Waals surface area contributed by atoms with Crippen molar-refractivity contribution < 1.29 is 0 Å². The fraction of sp³-hybridized carbons (Fsp3) is 0.200. The highest BCUT2D eigenvalue weighted by Crippen LogP contribution is 2.23. The average molecular weight is 236 g/mol. The Morgan fingerprint density at radius 3 is 2.94 bits per heavy atom. The molecule has 0 N–H and O–H groups in total. The highest BCUT2D eigenvalue weighted by molar-refractivity contribution is 5.93. The van der Waals surface area contributed by atoms with Crippen LogP contribution in [0.5, 0.6) is 0 Å². The number of pyridine rings is 1. The molecule has 3 nitrogen and oxygen atoms in total. The molecule has 0 saturated heterocycles. The smallest absolute Gasteiger partial charge is 0.276 e. The van der Waals surface area contributed by atoms with Gasteiger partial charge in [0.25, 0.3) is 5.56 Å². The molecule has 1 aromatic carbocycles. The standard InChI is InChI=1S/C15H12N2O/c18-15-12-6-3-7-13(12)17-9-8-10-4-1-2-5-11(10)14(17)16-15/h1-2,4-5,8-9H,3,6-7H2. The highest BCUT2D eigenvalue weighted by Gasteiger charge is 2.18. The number of fused-ring (bicyclic) bond motifs is 5. The summed E-state index contributed by atoms with van der Waals surface area (Å²) in [5.74, 6) is 0. The maximum absolute atomic E-state index is 12.0. The van der Waals surface area contributed by atoms with E-state index < -0.39 is 0 Å². The van der Waals surface area contributed by atoms with Crippen molar-refractivity contribution in [3.8, 4) is 0 Å². The lowest BCUT2D eigenvalue weighted by atomic mass is 10.1. The molecular formula is C15H12N2O. The van der Waals surface area contributed by atoms with E-state index in [1.165, 1.54) is 0 Å². The normalized spacial score (nSPS) is 14.2. The van der Waals surface area contributed by atoms with Gasteiger partial charge in [0.1, 0.15) is 5.65 Å². The third kappa shape index (κ3) is 1.19. The number of rotatable bonds is 0. The van der Waals surface area contributed by atoms with Crippen LogP contribution in [0, 0.1) is 0 Å². The number of hydrogen-bond acceptors (Lipinski definition) is 2. The lowest BCUT2D eigenvalue weighted by Crippen LogP contribution is -2.16. The van der Waals surface area contributed by atoms with Crippen LogP contribution in [0.2, 0.25) is 0 Å². The molecule has 1 aliphatic carbocycles. The number of aryl methyl sites for hydroxylation is 1. The molecule has 0 fully saturated rings. The van der Waals surface area contributed by atoms with E-state index in [4.69, 9.17) is 0 Å². The van der Waals surface area contributed by atoms with Crippen LogP contribution in [-0.2, 0) is 12.8 Å². The number of hydrogen-bond donors (Lipinski definition) is 0. The summed E-state index contributed by atoms with van der Waals surface area (Å²) in [5, 5.41) is 2.18. The molecule has 88 valence electrons. The predicted octanol–water partition coefficient (Wildman–Crippen LogP) is 2.34. The Labute approximate surface area is 104 Å². The zero-order chi connectivity index (χ0) is 12.1. The van der Waals surface area contributed by atoms with Gasteiger partial charge in [-0.25, -0.2) is 0 Å². The van der Waals surface area contributed by atoms with Crippen molar-refractivity contribution in [1.29, 1.82) is 0 Å². The first-order valence-corrected chi connectivity index (χ1v) is 6.26. The average Bonchev–Trinajstić information content (AvgIpc) is 2.89. The van der Waals surface area contributed by atoms with E-state index >= 15 is 0 Å². The SMILES string of the molecule is O=c1nc2c3ccccc3ccn2c2c1CCC2. The fourth-order valence-corrected chi connectivity index (χ4v) is 2.92. The largest absolute Gasteiger partial charge is 0.305 e. The second kappa shape index (κ2) is 3.42. The van der Waals surface area contributed by atoms with E-state index in [2.05, 4.69) is 21.5 Å². The lowest BCUT2D eigenvalue weighted by molar-refractivity contribution is 0.887. The summed E-state index contributed by atoms with van der Waals surface area (Å²) in [6.45, 7) is 0. The molecule has 0 radical (unpaired) electrons. The van der Waals surface area contributed by atoms with Gasteiger partial charge in [-0.15, -0.1) is 0 Å². The van der Waals surface area contributed by atoms with Gasteiger partial charge in [-0.2, -0.15) is 4.98 Å². The fourth-order valence-electron chi connectivity index (χ4n) is 2.92. The second-order valence-electron chi connectivity index (χ2n) is 4.79. The first kappa shape index (κ1) is 9.83. The Morgan fingerprint density at radius 2 is 2.00 bits per heavy atom. The molecule has 2 aromatic heterocycles. The first-order chi connectivity index (χ1) is 8.84. The van der Waals surface area contributed by atoms with Gasteiger partial charge in [0, 0.05) is 22.8 Å². The van der Waals surface area contributed by atoms with Crippen molar-refractivity contribution in [2.45, 2.75) is 19.3 Å². The molecule has 0 saturated carbocycles. The van der Waals surface area contributed by atoms with Gasteiger partial charge < -0.3 is 4.40 Å². The van der Waals surface area contributed by atoms with Crippen molar-refractivity contribution in [1.82, 2.24) is 9.38 Å². The number of nitrogens with zero attached hydrogens (tertiary/aromatic N) is 2. The van der Waals surface area contributed by atoms with Gasteiger partial charge in [-0.3, -0.25) is 4.79 Å².